The third-order valence-corrected chi connectivity index (χ3v) is 2.95. The molecule has 0 spiro atoms. The zero-order valence-corrected chi connectivity index (χ0v) is 9.31. The summed E-state index contributed by atoms with van der Waals surface area (Å²) < 4.78 is 7.16. The van der Waals surface area contributed by atoms with Gasteiger partial charge in [0.1, 0.15) is 6.10 Å². The van der Waals surface area contributed by atoms with Gasteiger partial charge in [-0.1, -0.05) is 0 Å². The molecule has 0 amide bonds. The van der Waals surface area contributed by atoms with Gasteiger partial charge in [0.05, 0.1) is 18.0 Å². The highest BCUT2D eigenvalue weighted by Gasteiger charge is 2.27. The minimum Gasteiger partial charge on any atom is -0.386 e. The normalized spacial score (nSPS) is 23.3. The van der Waals surface area contributed by atoms with Crippen molar-refractivity contribution >= 4 is 0 Å². The molecule has 4 heteroatoms. The smallest absolute Gasteiger partial charge is 0.101 e. The molecule has 1 aromatic heterocycles. The molecule has 0 bridgehead atoms. The number of hydrogen-bond donors (Lipinski definition) is 1. The fraction of sp³-hybridized carbons (Fsp3) is 0.727. The standard InChI is InChI=1S/C11H18N2O2/c1-3-13-10(6-8(2)12-13)11(14)9-4-5-15-7-9/h6,9,11,14H,3-5,7H2,1-2H3. The van der Waals surface area contributed by atoms with Gasteiger partial charge in [-0.25, -0.2) is 0 Å². The first-order valence-corrected chi connectivity index (χ1v) is 5.52. The Morgan fingerprint density at radius 2 is 2.53 bits per heavy atom. The SMILES string of the molecule is CCn1nc(C)cc1C(O)C1CCOC1. The molecule has 15 heavy (non-hydrogen) atoms. The second-order valence-electron chi connectivity index (χ2n) is 4.09. The lowest BCUT2D eigenvalue weighted by atomic mass is 9.99. The lowest BCUT2D eigenvalue weighted by molar-refractivity contribution is 0.0847. The van der Waals surface area contributed by atoms with Crippen molar-refractivity contribution in [1.82, 2.24) is 9.78 Å². The number of hydrogen-bond acceptors (Lipinski definition) is 3. The zero-order chi connectivity index (χ0) is 10.8. The first-order valence-electron chi connectivity index (χ1n) is 5.52. The number of ether oxygens (including phenoxy) is 1. The van der Waals surface area contributed by atoms with E-state index >= 15 is 0 Å². The first kappa shape index (κ1) is 10.6. The van der Waals surface area contributed by atoms with Gasteiger partial charge in [0.25, 0.3) is 0 Å². The fourth-order valence-corrected chi connectivity index (χ4v) is 2.10. The molecule has 0 saturated carbocycles. The van der Waals surface area contributed by atoms with E-state index in [9.17, 15) is 5.11 Å². The number of rotatable bonds is 3. The fourth-order valence-electron chi connectivity index (χ4n) is 2.10. The van der Waals surface area contributed by atoms with Crippen LogP contribution in [-0.4, -0.2) is 28.1 Å². The Labute approximate surface area is 89.9 Å². The van der Waals surface area contributed by atoms with Gasteiger partial charge in [0.15, 0.2) is 0 Å². The third-order valence-electron chi connectivity index (χ3n) is 2.95. The Hall–Kier alpha value is -0.870. The molecule has 2 rings (SSSR count). The quantitative estimate of drug-likeness (QED) is 0.817. The van der Waals surface area contributed by atoms with Crippen LogP contribution >= 0.6 is 0 Å². The highest BCUT2D eigenvalue weighted by atomic mass is 16.5. The molecule has 4 nitrogen and oxygen atoms in total. The van der Waals surface area contributed by atoms with Crippen LogP contribution in [0.5, 0.6) is 0 Å². The molecule has 84 valence electrons. The van der Waals surface area contributed by atoms with Crippen LogP contribution in [0.3, 0.4) is 0 Å². The topological polar surface area (TPSA) is 47.3 Å². The van der Waals surface area contributed by atoms with Gasteiger partial charge in [-0.05, 0) is 26.3 Å². The van der Waals surface area contributed by atoms with Crippen molar-refractivity contribution in [1.29, 1.82) is 0 Å². The average Bonchev–Trinajstić information content (AvgIpc) is 2.84. The monoisotopic (exact) mass is 210 g/mol. The van der Waals surface area contributed by atoms with Crippen molar-refractivity contribution in [3.8, 4) is 0 Å². The number of nitrogens with zero attached hydrogens (tertiary/aromatic N) is 2. The molecular weight excluding hydrogens is 192 g/mol. The van der Waals surface area contributed by atoms with Gasteiger partial charge in [0.2, 0.25) is 0 Å². The number of aryl methyl sites for hydroxylation is 2. The Morgan fingerprint density at radius 3 is 3.13 bits per heavy atom. The predicted octanol–water partition coefficient (Wildman–Crippen LogP) is 1.28. The summed E-state index contributed by atoms with van der Waals surface area (Å²) in [6.45, 7) is 6.21. The van der Waals surface area contributed by atoms with E-state index < -0.39 is 6.10 Å². The van der Waals surface area contributed by atoms with Crippen molar-refractivity contribution in [3.63, 3.8) is 0 Å². The number of aromatic nitrogens is 2. The molecule has 2 atom stereocenters. The Bertz CT molecular complexity index is 329. The molecule has 1 saturated heterocycles. The Morgan fingerprint density at radius 1 is 1.73 bits per heavy atom. The van der Waals surface area contributed by atoms with Crippen LogP contribution in [0.4, 0.5) is 0 Å². The van der Waals surface area contributed by atoms with E-state index in [2.05, 4.69) is 5.10 Å². The number of aliphatic hydroxyl groups excluding tert-OH is 1. The van der Waals surface area contributed by atoms with Gasteiger partial charge >= 0.3 is 0 Å². The van der Waals surface area contributed by atoms with Gasteiger partial charge < -0.3 is 9.84 Å². The van der Waals surface area contributed by atoms with Crippen molar-refractivity contribution in [2.24, 2.45) is 5.92 Å². The molecule has 1 aliphatic heterocycles. The summed E-state index contributed by atoms with van der Waals surface area (Å²) in [6, 6.07) is 1.96. The van der Waals surface area contributed by atoms with Gasteiger partial charge in [-0.3, -0.25) is 4.68 Å². The van der Waals surface area contributed by atoms with E-state index in [0.29, 0.717) is 6.61 Å². The summed E-state index contributed by atoms with van der Waals surface area (Å²) in [5.74, 6) is 0.228. The lowest BCUT2D eigenvalue weighted by Crippen LogP contribution is -2.16. The summed E-state index contributed by atoms with van der Waals surface area (Å²) in [5.41, 5.74) is 1.88. The summed E-state index contributed by atoms with van der Waals surface area (Å²) in [5, 5.41) is 14.5. The second-order valence-corrected chi connectivity index (χ2v) is 4.09. The van der Waals surface area contributed by atoms with E-state index in [4.69, 9.17) is 4.74 Å². The molecule has 1 aliphatic rings. The minimum atomic E-state index is -0.436. The van der Waals surface area contributed by atoms with E-state index in [-0.39, 0.29) is 5.92 Å². The molecular formula is C11H18N2O2. The molecule has 1 N–H and O–H groups in total. The highest BCUT2D eigenvalue weighted by molar-refractivity contribution is 5.12. The molecule has 2 heterocycles. The zero-order valence-electron chi connectivity index (χ0n) is 9.31. The maximum atomic E-state index is 10.2. The predicted molar refractivity (Wildman–Crippen MR) is 56.5 cm³/mol. The maximum Gasteiger partial charge on any atom is 0.101 e. The summed E-state index contributed by atoms with van der Waals surface area (Å²) >= 11 is 0. The highest BCUT2D eigenvalue weighted by Crippen LogP contribution is 2.28. The van der Waals surface area contributed by atoms with Crippen LogP contribution in [0.15, 0.2) is 6.07 Å². The maximum absolute atomic E-state index is 10.2. The van der Waals surface area contributed by atoms with Crippen LogP contribution in [0, 0.1) is 12.8 Å². The minimum absolute atomic E-state index is 0.228. The molecule has 0 radical (unpaired) electrons. The van der Waals surface area contributed by atoms with E-state index in [0.717, 1.165) is 31.0 Å². The van der Waals surface area contributed by atoms with Crippen LogP contribution in [0.25, 0.3) is 0 Å². The van der Waals surface area contributed by atoms with Crippen LogP contribution in [0.2, 0.25) is 0 Å². The molecule has 1 aromatic rings. The third kappa shape index (κ3) is 2.06. The molecule has 0 aromatic carbocycles. The average molecular weight is 210 g/mol. The van der Waals surface area contributed by atoms with Crippen molar-refractivity contribution in [3.05, 3.63) is 17.5 Å². The van der Waals surface area contributed by atoms with E-state index in [1.807, 2.05) is 24.6 Å². The van der Waals surface area contributed by atoms with E-state index in [1.165, 1.54) is 0 Å². The van der Waals surface area contributed by atoms with Crippen molar-refractivity contribution in [2.75, 3.05) is 13.2 Å². The summed E-state index contributed by atoms with van der Waals surface area (Å²) in [7, 11) is 0. The summed E-state index contributed by atoms with van der Waals surface area (Å²) in [6.07, 6.45) is 0.503. The van der Waals surface area contributed by atoms with Crippen molar-refractivity contribution < 1.29 is 9.84 Å². The molecule has 2 unspecified atom stereocenters. The van der Waals surface area contributed by atoms with Crippen LogP contribution < -0.4 is 0 Å². The Balaban J connectivity index is 2.19. The van der Waals surface area contributed by atoms with Crippen LogP contribution in [0.1, 0.15) is 30.8 Å². The largest absolute Gasteiger partial charge is 0.386 e. The number of aliphatic hydroxyl groups is 1. The second kappa shape index (κ2) is 4.33. The van der Waals surface area contributed by atoms with Crippen molar-refractivity contribution in [2.45, 2.75) is 32.9 Å². The van der Waals surface area contributed by atoms with Gasteiger partial charge in [-0.2, -0.15) is 5.10 Å². The first-order chi connectivity index (χ1) is 7.22. The molecule has 0 aliphatic carbocycles. The Kier molecular flexibility index (Phi) is 3.07. The van der Waals surface area contributed by atoms with Gasteiger partial charge in [-0.15, -0.1) is 0 Å². The van der Waals surface area contributed by atoms with Crippen LogP contribution in [-0.2, 0) is 11.3 Å². The molecule has 1 fully saturated rings. The lowest BCUT2D eigenvalue weighted by Gasteiger charge is -2.17. The summed E-state index contributed by atoms with van der Waals surface area (Å²) in [4.78, 5) is 0. The van der Waals surface area contributed by atoms with E-state index in [1.54, 1.807) is 0 Å². The van der Waals surface area contributed by atoms with Gasteiger partial charge in [0, 0.05) is 19.1 Å².